The molecule has 1 aromatic rings. The predicted molar refractivity (Wildman–Crippen MR) is 80.9 cm³/mol. The van der Waals surface area contributed by atoms with Crippen LogP contribution in [-0.4, -0.2) is 55.0 Å². The number of amides is 1. The number of nitrogens with zero attached hydrogens (tertiary/aromatic N) is 2. The van der Waals surface area contributed by atoms with Gasteiger partial charge in [0.25, 0.3) is 5.91 Å². The maximum absolute atomic E-state index is 12.7. The average Bonchev–Trinajstić information content (AvgIpc) is 3.39. The Morgan fingerprint density at radius 3 is 2.25 bits per heavy atom. The van der Waals surface area contributed by atoms with E-state index in [4.69, 9.17) is 0 Å². The summed E-state index contributed by atoms with van der Waals surface area (Å²) in [5.74, 6) is -0.510. The fraction of sp³-hybridized carbons (Fsp3) is 0.533. The second-order valence-corrected chi connectivity index (χ2v) is 8.23. The van der Waals surface area contributed by atoms with Crippen LogP contribution in [0.1, 0.15) is 28.8 Å². The lowest BCUT2D eigenvalue weighted by Crippen LogP contribution is -2.51. The molecule has 1 aromatic carbocycles. The normalized spacial score (nSPS) is 20.2. The molecule has 24 heavy (non-hydrogen) atoms. The molecule has 1 amide bonds. The van der Waals surface area contributed by atoms with Gasteiger partial charge in [0.2, 0.25) is 10.0 Å². The molecule has 0 spiro atoms. The van der Waals surface area contributed by atoms with Gasteiger partial charge in [-0.25, -0.2) is 8.42 Å². The molecule has 132 valence electrons. The summed E-state index contributed by atoms with van der Waals surface area (Å²) in [5.41, 5.74) is -0.911. The first-order chi connectivity index (χ1) is 11.2. The van der Waals surface area contributed by atoms with Crippen molar-refractivity contribution in [1.29, 1.82) is 0 Å². The highest BCUT2D eigenvalue weighted by Crippen LogP contribution is 2.32. The van der Waals surface area contributed by atoms with Gasteiger partial charge in [0.05, 0.1) is 10.8 Å². The molecule has 2 aliphatic rings. The second-order valence-electron chi connectivity index (χ2n) is 6.01. The van der Waals surface area contributed by atoms with Crippen molar-refractivity contribution in [3.05, 3.63) is 35.4 Å². The van der Waals surface area contributed by atoms with E-state index in [0.29, 0.717) is 12.8 Å². The summed E-state index contributed by atoms with van der Waals surface area (Å²) in [7, 11) is -3.28. The van der Waals surface area contributed by atoms with Gasteiger partial charge in [-0.1, -0.05) is 6.07 Å². The summed E-state index contributed by atoms with van der Waals surface area (Å²) >= 11 is 0. The van der Waals surface area contributed by atoms with Crippen LogP contribution in [0.4, 0.5) is 13.2 Å². The number of carbonyl (C=O) groups is 1. The van der Waals surface area contributed by atoms with Gasteiger partial charge in [0.15, 0.2) is 0 Å². The molecular weight excluding hydrogens is 345 g/mol. The Bertz CT molecular complexity index is 737. The average molecular weight is 362 g/mol. The number of rotatable bonds is 3. The van der Waals surface area contributed by atoms with Crippen LogP contribution in [0.5, 0.6) is 0 Å². The van der Waals surface area contributed by atoms with Crippen LogP contribution in [0, 0.1) is 0 Å². The molecule has 0 aromatic heterocycles. The Labute approximate surface area is 138 Å². The Morgan fingerprint density at radius 2 is 1.71 bits per heavy atom. The second kappa shape index (κ2) is 6.03. The van der Waals surface area contributed by atoms with Gasteiger partial charge >= 0.3 is 6.18 Å². The van der Waals surface area contributed by atoms with Crippen molar-refractivity contribution in [1.82, 2.24) is 9.21 Å². The third kappa shape index (κ3) is 3.41. The quantitative estimate of drug-likeness (QED) is 0.826. The molecule has 0 N–H and O–H groups in total. The van der Waals surface area contributed by atoms with Crippen LogP contribution in [0.2, 0.25) is 0 Å². The number of hydrogen-bond acceptors (Lipinski definition) is 3. The van der Waals surface area contributed by atoms with Gasteiger partial charge in [-0.3, -0.25) is 4.79 Å². The van der Waals surface area contributed by atoms with E-state index in [1.807, 2.05) is 0 Å². The highest BCUT2D eigenvalue weighted by molar-refractivity contribution is 7.90. The number of alkyl halides is 3. The number of sulfonamides is 1. The van der Waals surface area contributed by atoms with E-state index in [1.165, 1.54) is 21.3 Å². The van der Waals surface area contributed by atoms with Crippen molar-refractivity contribution < 1.29 is 26.4 Å². The van der Waals surface area contributed by atoms with Crippen molar-refractivity contribution >= 4 is 15.9 Å². The van der Waals surface area contributed by atoms with E-state index in [0.717, 1.165) is 12.1 Å². The van der Waals surface area contributed by atoms with Gasteiger partial charge in [-0.15, -0.1) is 0 Å². The summed E-state index contributed by atoms with van der Waals surface area (Å²) in [6.07, 6.45) is -3.16. The lowest BCUT2D eigenvalue weighted by atomic mass is 10.1. The standard InChI is InChI=1S/C15H17F3N2O3S/c16-15(17,18)12-3-1-2-11(10-12)14(21)19-6-8-20(9-7-19)24(22,23)13-4-5-13/h1-3,10,13H,4-9H2. The minimum atomic E-state index is -4.51. The third-order valence-corrected chi connectivity index (χ3v) is 6.67. The molecule has 3 rings (SSSR count). The first-order valence-electron chi connectivity index (χ1n) is 7.65. The minimum absolute atomic E-state index is 0.0386. The molecule has 1 saturated heterocycles. The van der Waals surface area contributed by atoms with Crippen molar-refractivity contribution in [2.45, 2.75) is 24.3 Å². The van der Waals surface area contributed by atoms with Gasteiger partial charge in [-0.2, -0.15) is 17.5 Å². The number of hydrogen-bond donors (Lipinski definition) is 0. The zero-order valence-corrected chi connectivity index (χ0v) is 13.6. The SMILES string of the molecule is O=C(c1cccc(C(F)(F)F)c1)N1CCN(S(=O)(=O)C2CC2)CC1. The molecular formula is C15H17F3N2O3S. The van der Waals surface area contributed by atoms with Crippen LogP contribution in [0.25, 0.3) is 0 Å². The first kappa shape index (κ1) is 17.2. The molecule has 1 aliphatic heterocycles. The summed E-state index contributed by atoms with van der Waals surface area (Å²) in [6.45, 7) is 0.731. The van der Waals surface area contributed by atoms with Crippen LogP contribution in [0.3, 0.4) is 0 Å². The monoisotopic (exact) mass is 362 g/mol. The maximum atomic E-state index is 12.7. The van der Waals surface area contributed by atoms with Gasteiger partial charge in [0, 0.05) is 31.7 Å². The summed E-state index contributed by atoms with van der Waals surface area (Å²) in [5, 5.41) is -0.303. The van der Waals surface area contributed by atoms with E-state index >= 15 is 0 Å². The van der Waals surface area contributed by atoms with E-state index in [-0.39, 0.29) is 37.0 Å². The van der Waals surface area contributed by atoms with Crippen molar-refractivity contribution in [2.24, 2.45) is 0 Å². The molecule has 1 aliphatic carbocycles. The van der Waals surface area contributed by atoms with E-state index in [1.54, 1.807) is 0 Å². The Hall–Kier alpha value is -1.61. The fourth-order valence-electron chi connectivity index (χ4n) is 2.73. The number of piperazine rings is 1. The van der Waals surface area contributed by atoms with E-state index < -0.39 is 27.7 Å². The molecule has 9 heteroatoms. The fourth-order valence-corrected chi connectivity index (χ4v) is 4.56. The molecule has 0 unspecified atom stereocenters. The Morgan fingerprint density at radius 1 is 1.08 bits per heavy atom. The molecule has 1 saturated carbocycles. The molecule has 1 heterocycles. The molecule has 0 atom stereocenters. The number of halogens is 3. The lowest BCUT2D eigenvalue weighted by molar-refractivity contribution is -0.137. The van der Waals surface area contributed by atoms with Gasteiger partial charge in [-0.05, 0) is 31.0 Å². The largest absolute Gasteiger partial charge is 0.416 e. The highest BCUT2D eigenvalue weighted by atomic mass is 32.2. The zero-order chi connectivity index (χ0) is 17.5. The van der Waals surface area contributed by atoms with Crippen LogP contribution in [0.15, 0.2) is 24.3 Å². The predicted octanol–water partition coefficient (Wildman–Crippen LogP) is 1.96. The Balaban J connectivity index is 1.67. The smallest absolute Gasteiger partial charge is 0.336 e. The van der Waals surface area contributed by atoms with Gasteiger partial charge in [0.1, 0.15) is 0 Å². The lowest BCUT2D eigenvalue weighted by Gasteiger charge is -2.34. The Kier molecular flexibility index (Phi) is 4.33. The van der Waals surface area contributed by atoms with E-state index in [9.17, 15) is 26.4 Å². The summed E-state index contributed by atoms with van der Waals surface area (Å²) in [6, 6.07) is 4.28. The number of benzene rings is 1. The van der Waals surface area contributed by atoms with Crippen molar-refractivity contribution in [3.63, 3.8) is 0 Å². The van der Waals surface area contributed by atoms with Crippen LogP contribution in [-0.2, 0) is 16.2 Å². The number of carbonyl (C=O) groups excluding carboxylic acids is 1. The molecule has 5 nitrogen and oxygen atoms in total. The highest BCUT2D eigenvalue weighted by Gasteiger charge is 2.41. The van der Waals surface area contributed by atoms with Crippen molar-refractivity contribution in [2.75, 3.05) is 26.2 Å². The van der Waals surface area contributed by atoms with Crippen LogP contribution >= 0.6 is 0 Å². The third-order valence-electron chi connectivity index (χ3n) is 4.27. The zero-order valence-electron chi connectivity index (χ0n) is 12.8. The van der Waals surface area contributed by atoms with Crippen molar-refractivity contribution in [3.8, 4) is 0 Å². The molecule has 2 fully saturated rings. The van der Waals surface area contributed by atoms with E-state index in [2.05, 4.69) is 0 Å². The summed E-state index contributed by atoms with van der Waals surface area (Å²) in [4.78, 5) is 13.8. The first-order valence-corrected chi connectivity index (χ1v) is 9.15. The molecule has 0 bridgehead atoms. The van der Waals surface area contributed by atoms with Gasteiger partial charge < -0.3 is 4.90 Å². The maximum Gasteiger partial charge on any atom is 0.416 e. The summed E-state index contributed by atoms with van der Waals surface area (Å²) < 4.78 is 63.9. The topological polar surface area (TPSA) is 57.7 Å². The minimum Gasteiger partial charge on any atom is -0.336 e. The van der Waals surface area contributed by atoms with Crippen LogP contribution < -0.4 is 0 Å². The molecule has 0 radical (unpaired) electrons.